The van der Waals surface area contributed by atoms with Gasteiger partial charge in [0, 0.05) is 25.1 Å². The molecule has 1 unspecified atom stereocenters. The topological polar surface area (TPSA) is 56.5 Å². The molecule has 106 valence electrons. The highest BCUT2D eigenvalue weighted by Crippen LogP contribution is 2.49. The number of benzene rings is 1. The maximum atomic E-state index is 11.2. The number of rotatable bonds is 1. The molecule has 1 aromatic carbocycles. The lowest BCUT2D eigenvalue weighted by atomic mass is 9.61. The number of ether oxygens (including phenoxy) is 1. The van der Waals surface area contributed by atoms with Crippen molar-refractivity contribution in [2.45, 2.75) is 30.3 Å². The van der Waals surface area contributed by atoms with E-state index in [1.54, 1.807) is 0 Å². The van der Waals surface area contributed by atoms with Gasteiger partial charge in [0.15, 0.2) is 0 Å². The molecule has 3 rings (SSSR count). The van der Waals surface area contributed by atoms with Crippen LogP contribution in [0.5, 0.6) is 5.75 Å². The van der Waals surface area contributed by atoms with Crippen molar-refractivity contribution in [3.63, 3.8) is 0 Å². The Morgan fingerprint density at radius 3 is 2.65 bits per heavy atom. The van der Waals surface area contributed by atoms with Gasteiger partial charge in [0.25, 0.3) is 0 Å². The monoisotopic (exact) mass is 272 g/mol. The number of aliphatic hydroxyl groups is 1. The van der Waals surface area contributed by atoms with Crippen LogP contribution in [0.2, 0.25) is 0 Å². The van der Waals surface area contributed by atoms with Gasteiger partial charge in [-0.1, -0.05) is 18.2 Å². The molecule has 1 aromatic rings. The van der Waals surface area contributed by atoms with Crippen LogP contribution < -0.4 is 4.74 Å². The molecular formula is C16H20N2O2. The van der Waals surface area contributed by atoms with Gasteiger partial charge in [0.1, 0.15) is 11.2 Å². The van der Waals surface area contributed by atoms with Crippen molar-refractivity contribution in [1.29, 1.82) is 5.26 Å². The van der Waals surface area contributed by atoms with Gasteiger partial charge >= 0.3 is 0 Å². The van der Waals surface area contributed by atoms with E-state index in [1.165, 1.54) is 0 Å². The number of para-hydroxylation sites is 1. The quantitative estimate of drug-likeness (QED) is 0.845. The number of hydrogen-bond acceptors (Lipinski definition) is 4. The van der Waals surface area contributed by atoms with Gasteiger partial charge in [0.2, 0.25) is 0 Å². The summed E-state index contributed by atoms with van der Waals surface area (Å²) in [4.78, 5) is 2.20. The van der Waals surface area contributed by atoms with Crippen LogP contribution in [0.4, 0.5) is 0 Å². The second-order valence-electron chi connectivity index (χ2n) is 5.95. The maximum Gasteiger partial charge on any atom is 0.124 e. The Bertz CT molecular complexity index is 544. The fourth-order valence-corrected chi connectivity index (χ4v) is 3.51. The summed E-state index contributed by atoms with van der Waals surface area (Å²) in [7, 11) is 2.05. The van der Waals surface area contributed by atoms with Crippen LogP contribution in [-0.4, -0.2) is 42.4 Å². The fourth-order valence-electron chi connectivity index (χ4n) is 3.51. The molecule has 0 saturated carbocycles. The molecule has 1 atom stereocenters. The Labute approximate surface area is 119 Å². The Kier molecular flexibility index (Phi) is 3.19. The molecule has 0 radical (unpaired) electrons. The summed E-state index contributed by atoms with van der Waals surface area (Å²) in [6.45, 7) is 2.13. The summed E-state index contributed by atoms with van der Waals surface area (Å²) >= 11 is 0. The van der Waals surface area contributed by atoms with E-state index in [4.69, 9.17) is 4.74 Å². The van der Waals surface area contributed by atoms with Crippen molar-refractivity contribution >= 4 is 0 Å². The van der Waals surface area contributed by atoms with Crippen molar-refractivity contribution < 1.29 is 9.84 Å². The molecule has 1 fully saturated rings. The average Bonchev–Trinajstić information content (AvgIpc) is 2.49. The van der Waals surface area contributed by atoms with Crippen LogP contribution >= 0.6 is 0 Å². The van der Waals surface area contributed by atoms with E-state index < -0.39 is 11.0 Å². The second-order valence-corrected chi connectivity index (χ2v) is 5.95. The van der Waals surface area contributed by atoms with Gasteiger partial charge < -0.3 is 14.7 Å². The van der Waals surface area contributed by atoms with Crippen molar-refractivity contribution in [3.8, 4) is 11.8 Å². The minimum Gasteiger partial charge on any atom is -0.493 e. The standard InChI is InChI=1S/C16H20N2O2/c1-18-9-6-16(19,7-10-18)15(12-17)8-11-20-14-5-3-2-4-13(14)15/h2-5,19H,6-11H2,1H3. The van der Waals surface area contributed by atoms with E-state index in [-0.39, 0.29) is 0 Å². The van der Waals surface area contributed by atoms with Gasteiger partial charge in [0.05, 0.1) is 18.3 Å². The van der Waals surface area contributed by atoms with E-state index in [1.807, 2.05) is 24.3 Å². The third-order valence-electron chi connectivity index (χ3n) is 4.88. The second kappa shape index (κ2) is 4.76. The van der Waals surface area contributed by atoms with Gasteiger partial charge in [-0.2, -0.15) is 5.26 Å². The molecule has 2 aliphatic rings. The number of fused-ring (bicyclic) bond motifs is 1. The first-order valence-corrected chi connectivity index (χ1v) is 7.16. The number of likely N-dealkylation sites (tertiary alicyclic amines) is 1. The third-order valence-corrected chi connectivity index (χ3v) is 4.88. The summed E-state index contributed by atoms with van der Waals surface area (Å²) in [5, 5.41) is 21.1. The van der Waals surface area contributed by atoms with Crippen LogP contribution in [0.3, 0.4) is 0 Å². The van der Waals surface area contributed by atoms with E-state index in [0.29, 0.717) is 25.9 Å². The van der Waals surface area contributed by atoms with Crippen molar-refractivity contribution in [3.05, 3.63) is 29.8 Å². The molecule has 20 heavy (non-hydrogen) atoms. The fraction of sp³-hybridized carbons (Fsp3) is 0.562. The van der Waals surface area contributed by atoms with Crippen LogP contribution in [0.15, 0.2) is 24.3 Å². The largest absolute Gasteiger partial charge is 0.493 e. The highest BCUT2D eigenvalue weighted by Gasteiger charge is 2.55. The summed E-state index contributed by atoms with van der Waals surface area (Å²) in [5.41, 5.74) is -0.960. The Balaban J connectivity index is 2.07. The average molecular weight is 272 g/mol. The van der Waals surface area contributed by atoms with E-state index >= 15 is 0 Å². The first-order valence-electron chi connectivity index (χ1n) is 7.16. The number of hydrogen-bond donors (Lipinski definition) is 1. The zero-order valence-electron chi connectivity index (χ0n) is 11.8. The molecule has 0 aliphatic carbocycles. The van der Waals surface area contributed by atoms with E-state index in [9.17, 15) is 10.4 Å². The Morgan fingerprint density at radius 1 is 1.25 bits per heavy atom. The molecule has 0 amide bonds. The lowest BCUT2D eigenvalue weighted by Crippen LogP contribution is -2.58. The highest BCUT2D eigenvalue weighted by atomic mass is 16.5. The minimum absolute atomic E-state index is 0.489. The molecule has 1 saturated heterocycles. The summed E-state index contributed by atoms with van der Waals surface area (Å²) in [5.74, 6) is 0.743. The van der Waals surface area contributed by atoms with Crippen LogP contribution in [0, 0.1) is 11.3 Å². The van der Waals surface area contributed by atoms with Crippen molar-refractivity contribution in [2.24, 2.45) is 0 Å². The van der Waals surface area contributed by atoms with Gasteiger partial charge in [-0.05, 0) is 26.0 Å². The number of nitrogens with zero attached hydrogens (tertiary/aromatic N) is 2. The molecule has 0 aromatic heterocycles. The summed E-state index contributed by atoms with van der Waals surface area (Å²) in [6.07, 6.45) is 1.82. The number of nitriles is 1. The summed E-state index contributed by atoms with van der Waals surface area (Å²) in [6, 6.07) is 10.1. The van der Waals surface area contributed by atoms with Crippen molar-refractivity contribution in [1.82, 2.24) is 4.90 Å². The number of piperidine rings is 1. The van der Waals surface area contributed by atoms with E-state index in [2.05, 4.69) is 18.0 Å². The minimum atomic E-state index is -0.964. The van der Waals surface area contributed by atoms with Gasteiger partial charge in [-0.3, -0.25) is 0 Å². The lowest BCUT2D eigenvalue weighted by molar-refractivity contribution is -0.0725. The van der Waals surface area contributed by atoms with Gasteiger partial charge in [-0.25, -0.2) is 0 Å². The predicted molar refractivity (Wildman–Crippen MR) is 75.5 cm³/mol. The molecular weight excluding hydrogens is 252 g/mol. The highest BCUT2D eigenvalue weighted by molar-refractivity contribution is 5.48. The van der Waals surface area contributed by atoms with Gasteiger partial charge in [-0.15, -0.1) is 0 Å². The van der Waals surface area contributed by atoms with E-state index in [0.717, 1.165) is 24.4 Å². The SMILES string of the molecule is CN1CCC(O)(C2(C#N)CCOc3ccccc32)CC1. The maximum absolute atomic E-state index is 11.2. The molecule has 0 spiro atoms. The normalized spacial score (nSPS) is 29.1. The predicted octanol–water partition coefficient (Wildman–Crippen LogP) is 1.69. The summed E-state index contributed by atoms with van der Waals surface area (Å²) < 4.78 is 5.66. The molecule has 0 bridgehead atoms. The zero-order chi connectivity index (χ0) is 14.2. The smallest absolute Gasteiger partial charge is 0.124 e. The third kappa shape index (κ3) is 1.81. The molecule has 2 aliphatic heterocycles. The lowest BCUT2D eigenvalue weighted by Gasteiger charge is -2.49. The molecule has 4 nitrogen and oxygen atoms in total. The molecule has 1 N–H and O–H groups in total. The van der Waals surface area contributed by atoms with Crippen LogP contribution in [0.1, 0.15) is 24.8 Å². The first kappa shape index (κ1) is 13.4. The Morgan fingerprint density at radius 2 is 1.95 bits per heavy atom. The zero-order valence-corrected chi connectivity index (χ0v) is 11.8. The first-order chi connectivity index (χ1) is 9.61. The molecule has 4 heteroatoms. The van der Waals surface area contributed by atoms with Crippen LogP contribution in [-0.2, 0) is 5.41 Å². The van der Waals surface area contributed by atoms with Crippen LogP contribution in [0.25, 0.3) is 0 Å². The van der Waals surface area contributed by atoms with Crippen molar-refractivity contribution in [2.75, 3.05) is 26.7 Å². The molecule has 2 heterocycles. The Hall–Kier alpha value is -1.57.